The maximum atomic E-state index is 3.36. The van der Waals surface area contributed by atoms with Crippen LogP contribution in [0.3, 0.4) is 0 Å². The molecule has 3 radical (unpaired) electrons. The van der Waals surface area contributed by atoms with E-state index < -0.39 is 0 Å². The molecule has 2 unspecified atom stereocenters. The van der Waals surface area contributed by atoms with Crippen LogP contribution in [0.15, 0.2) is 81.5 Å². The first-order chi connectivity index (χ1) is 20.7. The van der Waals surface area contributed by atoms with Crippen molar-refractivity contribution >= 4 is 19.0 Å². The summed E-state index contributed by atoms with van der Waals surface area (Å²) in [7, 11) is 1.50. The molecule has 4 heteroatoms. The zero-order valence-electron chi connectivity index (χ0n) is 34.0. The molecule has 4 aliphatic rings. The van der Waals surface area contributed by atoms with Gasteiger partial charge >= 0.3 is 47.9 Å². The Kier molecular flexibility index (Phi) is 36.2. The molecule has 259 valence electrons. The van der Waals surface area contributed by atoms with Crippen LogP contribution in [0, 0.1) is 53.9 Å². The molecule has 0 N–H and O–H groups in total. The van der Waals surface area contributed by atoms with Gasteiger partial charge in [0.1, 0.15) is 0 Å². The Morgan fingerprint density at radius 3 is 0.979 bits per heavy atom. The summed E-state index contributed by atoms with van der Waals surface area (Å²) in [4.78, 5) is 0. The van der Waals surface area contributed by atoms with Crippen LogP contribution in [0.1, 0.15) is 110 Å². The van der Waals surface area contributed by atoms with Crippen molar-refractivity contribution < 1.29 is 47.9 Å². The van der Waals surface area contributed by atoms with E-state index in [4.69, 9.17) is 0 Å². The first-order valence-corrected chi connectivity index (χ1v) is 21.3. The zero-order valence-corrected chi connectivity index (χ0v) is 40.4. The number of hydrogen-bond acceptors (Lipinski definition) is 0. The van der Waals surface area contributed by atoms with Crippen LogP contribution in [0.4, 0.5) is 0 Å². The number of allylic oxidation sites excluding steroid dienone is 17. The molecule has 0 aliphatic heterocycles. The maximum Gasteiger partial charge on any atom is 3.00 e. The fraction of sp³-hybridized carbons (Fsp3) is 0.558. The summed E-state index contributed by atoms with van der Waals surface area (Å²) >= 11 is 0. The van der Waals surface area contributed by atoms with Gasteiger partial charge in [0.25, 0.3) is 0 Å². The van der Waals surface area contributed by atoms with Gasteiger partial charge in [0, 0.05) is 19.0 Å². The van der Waals surface area contributed by atoms with Gasteiger partial charge in [-0.2, -0.15) is 34.4 Å². The predicted molar refractivity (Wildman–Crippen MR) is 213 cm³/mol. The van der Waals surface area contributed by atoms with E-state index in [2.05, 4.69) is 185 Å². The van der Waals surface area contributed by atoms with E-state index in [9.17, 15) is 0 Å². The Labute approximate surface area is 335 Å². The van der Waals surface area contributed by atoms with Crippen LogP contribution in [-0.4, -0.2) is 19.0 Å². The fourth-order valence-corrected chi connectivity index (χ4v) is 4.16. The largest absolute Gasteiger partial charge is 3.00 e. The summed E-state index contributed by atoms with van der Waals surface area (Å²) in [6.07, 6.45) is 25.5. The van der Waals surface area contributed by atoms with Gasteiger partial charge in [0.2, 0.25) is 0 Å². The zero-order chi connectivity index (χ0) is 36.0. The number of hydrogen-bond donors (Lipinski definition) is 0. The molecule has 47 heavy (non-hydrogen) atoms. The third-order valence-corrected chi connectivity index (χ3v) is 7.48. The molecule has 0 saturated heterocycles. The van der Waals surface area contributed by atoms with Crippen LogP contribution in [0.5, 0.6) is 0 Å². The fourth-order valence-electron chi connectivity index (χ4n) is 4.16. The van der Waals surface area contributed by atoms with Crippen LogP contribution < -0.4 is 0 Å². The quantitative estimate of drug-likeness (QED) is 0.170. The Hall–Kier alpha value is -0.439. The minimum absolute atomic E-state index is 0. The number of rotatable bonds is 0. The molecule has 0 aromatic carbocycles. The molecule has 0 amide bonds. The molecule has 0 saturated carbocycles. The van der Waals surface area contributed by atoms with Gasteiger partial charge < -0.3 is 0 Å². The van der Waals surface area contributed by atoms with E-state index in [1.165, 1.54) is 50.7 Å². The van der Waals surface area contributed by atoms with Crippen molar-refractivity contribution in [1.82, 2.24) is 0 Å². The topological polar surface area (TPSA) is 0 Å². The van der Waals surface area contributed by atoms with Crippen LogP contribution >= 0.6 is 0 Å². The van der Waals surface area contributed by atoms with Crippen molar-refractivity contribution in [3.05, 3.63) is 113 Å². The summed E-state index contributed by atoms with van der Waals surface area (Å²) in [5.41, 5.74) is 11.8. The molecule has 0 nitrogen and oxygen atoms in total. The van der Waals surface area contributed by atoms with E-state index in [1.807, 2.05) is 0 Å². The van der Waals surface area contributed by atoms with E-state index in [1.54, 1.807) is 0 Å². The average Bonchev–Trinajstić information content (AvgIpc) is 3.74. The minimum atomic E-state index is 0. The van der Waals surface area contributed by atoms with Crippen molar-refractivity contribution in [1.29, 1.82) is 0 Å². The van der Waals surface area contributed by atoms with Crippen molar-refractivity contribution in [3.63, 3.8) is 0 Å². The van der Waals surface area contributed by atoms with Crippen LogP contribution in [0.2, 0.25) is 26.2 Å². The summed E-state index contributed by atoms with van der Waals surface area (Å²) < 4.78 is 0. The van der Waals surface area contributed by atoms with Crippen LogP contribution in [0.25, 0.3) is 0 Å². The molecule has 0 aromatic heterocycles. The Bertz CT molecular complexity index is 1020. The second-order valence-corrected chi connectivity index (χ2v) is 16.2. The summed E-state index contributed by atoms with van der Waals surface area (Å²) in [5, 5.41) is 0. The van der Waals surface area contributed by atoms with Gasteiger partial charge in [-0.05, 0) is 10.8 Å². The van der Waals surface area contributed by atoms with Crippen molar-refractivity contribution in [2.75, 3.05) is 0 Å². The van der Waals surface area contributed by atoms with Gasteiger partial charge in [0.05, 0.1) is 0 Å². The normalized spacial score (nSPS) is 18.4. The van der Waals surface area contributed by atoms with E-state index >= 15 is 0 Å². The van der Waals surface area contributed by atoms with Crippen molar-refractivity contribution in [2.45, 2.75) is 136 Å². The van der Waals surface area contributed by atoms with E-state index in [-0.39, 0.29) is 47.9 Å². The summed E-state index contributed by atoms with van der Waals surface area (Å²) in [6.45, 7) is 46.0. The molecule has 0 spiro atoms. The molecule has 4 aliphatic carbocycles. The van der Waals surface area contributed by atoms with E-state index in [0.29, 0.717) is 22.7 Å². The Balaban J connectivity index is -0.000000152. The smallest absolute Gasteiger partial charge is 0.269 e. The van der Waals surface area contributed by atoms with Gasteiger partial charge in [-0.3, -0.25) is 24.3 Å². The SMILES string of the molecule is C=C[CH2-].CC(C)(C)C1=[C-]CC=C1.CC(C)(C)C1=[C-]CC=C1.CC1=[C-]C(C)C(C)=C1C.CC1=[C-]C(C)C(C)=C1C.C[SiH]C.C[SiH]C.[Ti+2].[Zr+3]. The second-order valence-electron chi connectivity index (χ2n) is 13.9. The molecular weight excluding hydrogens is 712 g/mol. The Morgan fingerprint density at radius 2 is 0.915 bits per heavy atom. The standard InChI is InChI=1S/4C9H13.C3H5.2C2H7Si.Ti.Zr/c2*1-6-5-7(2)9(4)8(6)3;2*1-9(2,3)8-6-4-5-7-8;3*1-3-2;;/h2*6H,1-4H3;2*4,6H,5H2,1-3H3;3H,1-2H2;2*3H,1-2H3;;/q5*-1;;;+2;+3. The first-order valence-electron chi connectivity index (χ1n) is 16.7. The molecule has 0 fully saturated rings. The molecular formula is C43H71Si2TiZr. The van der Waals surface area contributed by atoms with Crippen LogP contribution in [-0.2, 0) is 47.9 Å². The van der Waals surface area contributed by atoms with Crippen molar-refractivity contribution in [2.24, 2.45) is 22.7 Å². The third kappa shape index (κ3) is 26.1. The van der Waals surface area contributed by atoms with Gasteiger partial charge in [-0.25, -0.2) is 54.0 Å². The summed E-state index contributed by atoms with van der Waals surface area (Å²) in [6, 6.07) is 0. The first kappa shape index (κ1) is 56.0. The molecule has 2 atom stereocenters. The minimum Gasteiger partial charge on any atom is -0.269 e. The molecule has 4 rings (SSSR count). The predicted octanol–water partition coefficient (Wildman–Crippen LogP) is 12.9. The van der Waals surface area contributed by atoms with Gasteiger partial charge in [0.15, 0.2) is 0 Å². The summed E-state index contributed by atoms with van der Waals surface area (Å²) in [5.74, 6) is 1.12. The average molecular weight is 783 g/mol. The van der Waals surface area contributed by atoms with Crippen molar-refractivity contribution in [3.8, 4) is 0 Å². The molecule has 0 aromatic rings. The maximum absolute atomic E-state index is 3.36. The second kappa shape index (κ2) is 30.4. The Morgan fingerprint density at radius 1 is 0.681 bits per heavy atom. The van der Waals surface area contributed by atoms with E-state index in [0.717, 1.165) is 31.9 Å². The molecule has 0 heterocycles. The molecule has 0 bridgehead atoms. The van der Waals surface area contributed by atoms with Gasteiger partial charge in [-0.15, -0.1) is 26.7 Å². The van der Waals surface area contributed by atoms with Gasteiger partial charge in [-0.1, -0.05) is 121 Å². The third-order valence-electron chi connectivity index (χ3n) is 7.48. The monoisotopic (exact) mass is 781 g/mol.